The van der Waals surface area contributed by atoms with Crippen molar-refractivity contribution in [1.82, 2.24) is 14.9 Å². The zero-order chi connectivity index (χ0) is 13.9. The SMILES string of the molecule is CC(NCc1ccc2c(c1)ncn2C)c1ccccc1. The Kier molecular flexibility index (Phi) is 3.52. The van der Waals surface area contributed by atoms with Gasteiger partial charge in [-0.05, 0) is 30.2 Å². The van der Waals surface area contributed by atoms with E-state index >= 15 is 0 Å². The third-order valence-electron chi connectivity index (χ3n) is 3.70. The summed E-state index contributed by atoms with van der Waals surface area (Å²) >= 11 is 0. The van der Waals surface area contributed by atoms with Crippen LogP contribution >= 0.6 is 0 Å². The Hall–Kier alpha value is -2.13. The van der Waals surface area contributed by atoms with Crippen molar-refractivity contribution in [2.24, 2.45) is 7.05 Å². The number of hydrogen-bond acceptors (Lipinski definition) is 2. The molecule has 0 radical (unpaired) electrons. The van der Waals surface area contributed by atoms with E-state index in [1.54, 1.807) is 0 Å². The van der Waals surface area contributed by atoms with Crippen LogP contribution in [0.2, 0.25) is 0 Å². The number of aromatic nitrogens is 2. The Labute approximate surface area is 119 Å². The van der Waals surface area contributed by atoms with E-state index in [4.69, 9.17) is 0 Å². The highest BCUT2D eigenvalue weighted by Crippen LogP contribution is 2.16. The zero-order valence-electron chi connectivity index (χ0n) is 11.9. The topological polar surface area (TPSA) is 29.9 Å². The van der Waals surface area contributed by atoms with Crippen molar-refractivity contribution in [3.8, 4) is 0 Å². The van der Waals surface area contributed by atoms with Gasteiger partial charge >= 0.3 is 0 Å². The molecule has 102 valence electrons. The molecular weight excluding hydrogens is 246 g/mol. The average molecular weight is 265 g/mol. The lowest BCUT2D eigenvalue weighted by Crippen LogP contribution is -2.17. The molecule has 0 aliphatic heterocycles. The van der Waals surface area contributed by atoms with Crippen molar-refractivity contribution in [2.45, 2.75) is 19.5 Å². The van der Waals surface area contributed by atoms with Crippen molar-refractivity contribution < 1.29 is 0 Å². The summed E-state index contributed by atoms with van der Waals surface area (Å²) in [5.41, 5.74) is 4.80. The second kappa shape index (κ2) is 5.47. The largest absolute Gasteiger partial charge is 0.334 e. The molecular formula is C17H19N3. The molecule has 1 unspecified atom stereocenters. The summed E-state index contributed by atoms with van der Waals surface area (Å²) in [7, 11) is 2.02. The van der Waals surface area contributed by atoms with Crippen LogP contribution in [0.25, 0.3) is 11.0 Å². The molecule has 3 heteroatoms. The highest BCUT2D eigenvalue weighted by Gasteiger charge is 2.05. The van der Waals surface area contributed by atoms with Gasteiger partial charge in [0.05, 0.1) is 17.4 Å². The minimum absolute atomic E-state index is 0.343. The van der Waals surface area contributed by atoms with Gasteiger partial charge in [-0.3, -0.25) is 0 Å². The summed E-state index contributed by atoms with van der Waals surface area (Å²) in [6.45, 7) is 3.04. The predicted octanol–water partition coefficient (Wildman–Crippen LogP) is 3.42. The quantitative estimate of drug-likeness (QED) is 0.783. The summed E-state index contributed by atoms with van der Waals surface area (Å²) < 4.78 is 2.04. The predicted molar refractivity (Wildman–Crippen MR) is 82.4 cm³/mol. The van der Waals surface area contributed by atoms with Crippen molar-refractivity contribution >= 4 is 11.0 Å². The van der Waals surface area contributed by atoms with Gasteiger partial charge < -0.3 is 9.88 Å². The van der Waals surface area contributed by atoms with Gasteiger partial charge in [-0.2, -0.15) is 0 Å². The molecule has 1 heterocycles. The number of hydrogen-bond donors (Lipinski definition) is 1. The number of rotatable bonds is 4. The van der Waals surface area contributed by atoms with Gasteiger partial charge in [0.2, 0.25) is 0 Å². The molecule has 0 amide bonds. The number of aryl methyl sites for hydroxylation is 1. The zero-order valence-corrected chi connectivity index (χ0v) is 11.9. The lowest BCUT2D eigenvalue weighted by atomic mass is 10.1. The fourth-order valence-electron chi connectivity index (χ4n) is 2.42. The third-order valence-corrected chi connectivity index (χ3v) is 3.70. The Morgan fingerprint density at radius 2 is 1.95 bits per heavy atom. The van der Waals surface area contributed by atoms with E-state index in [1.165, 1.54) is 16.6 Å². The molecule has 1 aromatic heterocycles. The first-order valence-corrected chi connectivity index (χ1v) is 6.92. The molecule has 3 rings (SSSR count). The average Bonchev–Trinajstić information content (AvgIpc) is 2.87. The van der Waals surface area contributed by atoms with Gasteiger partial charge in [0.25, 0.3) is 0 Å². The standard InChI is InChI=1S/C17H19N3/c1-13(15-6-4-3-5-7-15)18-11-14-8-9-17-16(10-14)19-12-20(17)2/h3-10,12-13,18H,11H2,1-2H3. The molecule has 0 spiro atoms. The summed E-state index contributed by atoms with van der Waals surface area (Å²) in [5.74, 6) is 0. The Morgan fingerprint density at radius 1 is 1.15 bits per heavy atom. The van der Waals surface area contributed by atoms with Crippen LogP contribution in [0.3, 0.4) is 0 Å². The lowest BCUT2D eigenvalue weighted by molar-refractivity contribution is 0.575. The van der Waals surface area contributed by atoms with Gasteiger partial charge in [-0.15, -0.1) is 0 Å². The first kappa shape index (κ1) is 12.9. The molecule has 0 aliphatic rings. The Balaban J connectivity index is 1.70. The normalized spacial score (nSPS) is 12.7. The first-order valence-electron chi connectivity index (χ1n) is 6.92. The second-order valence-electron chi connectivity index (χ2n) is 5.19. The fraction of sp³-hybridized carbons (Fsp3) is 0.235. The summed E-state index contributed by atoms with van der Waals surface area (Å²) in [5, 5.41) is 3.55. The van der Waals surface area contributed by atoms with Crippen LogP contribution < -0.4 is 5.32 Å². The molecule has 0 saturated heterocycles. The van der Waals surface area contributed by atoms with Crippen molar-refractivity contribution in [2.75, 3.05) is 0 Å². The van der Waals surface area contributed by atoms with E-state index in [0.29, 0.717) is 6.04 Å². The molecule has 20 heavy (non-hydrogen) atoms. The van der Waals surface area contributed by atoms with Crippen LogP contribution in [0.15, 0.2) is 54.9 Å². The number of imidazole rings is 1. The van der Waals surface area contributed by atoms with Crippen LogP contribution in [0, 0.1) is 0 Å². The third kappa shape index (κ3) is 2.58. The van der Waals surface area contributed by atoms with E-state index < -0.39 is 0 Å². The van der Waals surface area contributed by atoms with Gasteiger partial charge in [-0.1, -0.05) is 36.4 Å². The second-order valence-corrected chi connectivity index (χ2v) is 5.19. The molecule has 0 bridgehead atoms. The lowest BCUT2D eigenvalue weighted by Gasteiger charge is -2.14. The number of benzene rings is 2. The maximum Gasteiger partial charge on any atom is 0.0955 e. The first-order chi connectivity index (χ1) is 9.74. The van der Waals surface area contributed by atoms with Crippen LogP contribution in [0.5, 0.6) is 0 Å². The maximum atomic E-state index is 4.40. The van der Waals surface area contributed by atoms with Gasteiger partial charge in [0.1, 0.15) is 0 Å². The summed E-state index contributed by atoms with van der Waals surface area (Å²) in [4.78, 5) is 4.40. The van der Waals surface area contributed by atoms with E-state index in [2.05, 4.69) is 59.7 Å². The van der Waals surface area contributed by atoms with Gasteiger partial charge in [0.15, 0.2) is 0 Å². The van der Waals surface area contributed by atoms with Gasteiger partial charge in [0, 0.05) is 19.6 Å². The Morgan fingerprint density at radius 3 is 2.75 bits per heavy atom. The molecule has 0 saturated carbocycles. The highest BCUT2D eigenvalue weighted by atomic mass is 15.0. The highest BCUT2D eigenvalue weighted by molar-refractivity contribution is 5.75. The molecule has 2 aromatic carbocycles. The van der Waals surface area contributed by atoms with Crippen LogP contribution in [-0.2, 0) is 13.6 Å². The number of fused-ring (bicyclic) bond motifs is 1. The smallest absolute Gasteiger partial charge is 0.0955 e. The fourth-order valence-corrected chi connectivity index (χ4v) is 2.42. The summed E-state index contributed by atoms with van der Waals surface area (Å²) in [6, 6.07) is 17.3. The van der Waals surface area contributed by atoms with Crippen molar-refractivity contribution in [3.63, 3.8) is 0 Å². The van der Waals surface area contributed by atoms with Crippen molar-refractivity contribution in [1.29, 1.82) is 0 Å². The van der Waals surface area contributed by atoms with E-state index in [0.717, 1.165) is 12.1 Å². The molecule has 3 aromatic rings. The number of nitrogens with zero attached hydrogens (tertiary/aromatic N) is 2. The molecule has 3 nitrogen and oxygen atoms in total. The molecule has 1 atom stereocenters. The van der Waals surface area contributed by atoms with Crippen LogP contribution in [0.4, 0.5) is 0 Å². The van der Waals surface area contributed by atoms with E-state index in [-0.39, 0.29) is 0 Å². The van der Waals surface area contributed by atoms with E-state index in [9.17, 15) is 0 Å². The maximum absolute atomic E-state index is 4.40. The van der Waals surface area contributed by atoms with E-state index in [1.807, 2.05) is 24.0 Å². The molecule has 1 N–H and O–H groups in total. The summed E-state index contributed by atoms with van der Waals surface area (Å²) in [6.07, 6.45) is 1.86. The molecule has 0 aliphatic carbocycles. The Bertz CT molecular complexity index is 701. The number of nitrogens with one attached hydrogen (secondary N) is 1. The van der Waals surface area contributed by atoms with Gasteiger partial charge in [-0.25, -0.2) is 4.98 Å². The molecule has 0 fully saturated rings. The minimum atomic E-state index is 0.343. The monoisotopic (exact) mass is 265 g/mol. The van der Waals surface area contributed by atoms with Crippen LogP contribution in [0.1, 0.15) is 24.1 Å². The van der Waals surface area contributed by atoms with Crippen molar-refractivity contribution in [3.05, 3.63) is 66.0 Å². The van der Waals surface area contributed by atoms with Crippen LogP contribution in [-0.4, -0.2) is 9.55 Å². The minimum Gasteiger partial charge on any atom is -0.334 e.